The molecule has 0 aliphatic carbocycles. The van der Waals surface area contributed by atoms with Gasteiger partial charge in [-0.05, 0) is 85.3 Å². The minimum atomic E-state index is 0.174. The SMILES string of the molecule is Oc1ccc2c(c1)C(CCCN1CCC=C(c3ccc(Cl)cc3)CC1)c1cccnc1CO2. The maximum absolute atomic E-state index is 10.1. The summed E-state index contributed by atoms with van der Waals surface area (Å²) < 4.78 is 6.04. The maximum atomic E-state index is 10.1. The van der Waals surface area contributed by atoms with Crippen molar-refractivity contribution in [2.45, 2.75) is 38.2 Å². The van der Waals surface area contributed by atoms with E-state index in [1.165, 1.54) is 16.7 Å². The van der Waals surface area contributed by atoms with E-state index in [0.717, 1.165) is 67.3 Å². The zero-order valence-corrected chi connectivity index (χ0v) is 19.5. The highest BCUT2D eigenvalue weighted by atomic mass is 35.5. The molecule has 0 amide bonds. The van der Waals surface area contributed by atoms with Crippen molar-refractivity contribution in [3.05, 3.63) is 94.3 Å². The number of rotatable bonds is 5. The summed E-state index contributed by atoms with van der Waals surface area (Å²) in [5.74, 6) is 1.30. The number of nitrogens with zero attached hydrogens (tertiary/aromatic N) is 2. The van der Waals surface area contributed by atoms with Crippen LogP contribution in [0, 0.1) is 0 Å². The molecule has 3 aromatic rings. The molecule has 33 heavy (non-hydrogen) atoms. The number of pyridine rings is 1. The first kappa shape index (κ1) is 22.0. The Kier molecular flexibility index (Phi) is 6.65. The molecule has 2 aliphatic rings. The van der Waals surface area contributed by atoms with Gasteiger partial charge in [-0.25, -0.2) is 0 Å². The smallest absolute Gasteiger partial charge is 0.131 e. The zero-order valence-electron chi connectivity index (χ0n) is 18.7. The summed E-state index contributed by atoms with van der Waals surface area (Å²) in [6.07, 6.45) is 8.40. The van der Waals surface area contributed by atoms with Crippen molar-refractivity contribution in [3.8, 4) is 11.5 Å². The molecular weight excluding hydrogens is 432 g/mol. The van der Waals surface area contributed by atoms with Gasteiger partial charge in [0.1, 0.15) is 18.1 Å². The Labute approximate surface area is 200 Å². The normalized spacial score (nSPS) is 18.3. The first-order valence-corrected chi connectivity index (χ1v) is 12.1. The van der Waals surface area contributed by atoms with Crippen LogP contribution >= 0.6 is 11.6 Å². The average molecular weight is 461 g/mol. The van der Waals surface area contributed by atoms with E-state index in [2.05, 4.69) is 34.2 Å². The number of ether oxygens (including phenoxy) is 1. The van der Waals surface area contributed by atoms with E-state index in [1.807, 2.05) is 36.5 Å². The Morgan fingerprint density at radius 1 is 1.06 bits per heavy atom. The third-order valence-electron chi connectivity index (χ3n) is 6.75. The molecule has 2 aromatic carbocycles. The molecule has 2 aliphatic heterocycles. The van der Waals surface area contributed by atoms with Crippen LogP contribution in [0.1, 0.15) is 54.0 Å². The molecular formula is C28H29ClN2O2. The lowest BCUT2D eigenvalue weighted by atomic mass is 9.86. The van der Waals surface area contributed by atoms with Gasteiger partial charge in [0.15, 0.2) is 0 Å². The van der Waals surface area contributed by atoms with Gasteiger partial charge in [-0.15, -0.1) is 0 Å². The van der Waals surface area contributed by atoms with Crippen LogP contribution in [0.2, 0.25) is 5.02 Å². The molecule has 0 saturated heterocycles. The van der Waals surface area contributed by atoms with Gasteiger partial charge in [0.25, 0.3) is 0 Å². The lowest BCUT2D eigenvalue weighted by Gasteiger charge is -2.23. The second kappa shape index (κ2) is 9.98. The Morgan fingerprint density at radius 2 is 1.94 bits per heavy atom. The number of benzene rings is 2. The van der Waals surface area contributed by atoms with Gasteiger partial charge in [0.05, 0.1) is 5.69 Å². The zero-order chi connectivity index (χ0) is 22.6. The van der Waals surface area contributed by atoms with E-state index in [1.54, 1.807) is 6.07 Å². The minimum absolute atomic E-state index is 0.174. The van der Waals surface area contributed by atoms with Crippen LogP contribution in [0.4, 0.5) is 0 Å². The lowest BCUT2D eigenvalue weighted by Crippen LogP contribution is -2.26. The van der Waals surface area contributed by atoms with Gasteiger partial charge < -0.3 is 14.7 Å². The van der Waals surface area contributed by atoms with Crippen molar-refractivity contribution in [2.24, 2.45) is 0 Å². The van der Waals surface area contributed by atoms with Gasteiger partial charge in [-0.1, -0.05) is 35.9 Å². The highest BCUT2D eigenvalue weighted by Crippen LogP contribution is 2.41. The topological polar surface area (TPSA) is 45.6 Å². The van der Waals surface area contributed by atoms with Crippen molar-refractivity contribution in [1.29, 1.82) is 0 Å². The number of hydrogen-bond donors (Lipinski definition) is 1. The predicted octanol–water partition coefficient (Wildman–Crippen LogP) is 6.42. The number of fused-ring (bicyclic) bond motifs is 2. The van der Waals surface area contributed by atoms with Crippen LogP contribution in [0.15, 0.2) is 66.9 Å². The van der Waals surface area contributed by atoms with Crippen molar-refractivity contribution in [1.82, 2.24) is 9.88 Å². The van der Waals surface area contributed by atoms with Crippen molar-refractivity contribution in [2.75, 3.05) is 19.6 Å². The Hall–Kier alpha value is -2.82. The third-order valence-corrected chi connectivity index (χ3v) is 7.00. The molecule has 0 bridgehead atoms. The van der Waals surface area contributed by atoms with Crippen LogP contribution in [0.3, 0.4) is 0 Å². The Morgan fingerprint density at radius 3 is 2.82 bits per heavy atom. The van der Waals surface area contributed by atoms with Crippen molar-refractivity contribution >= 4 is 17.2 Å². The fourth-order valence-electron chi connectivity index (χ4n) is 5.04. The summed E-state index contributed by atoms with van der Waals surface area (Å²) in [5, 5.41) is 10.9. The summed E-state index contributed by atoms with van der Waals surface area (Å²) in [6, 6.07) is 17.8. The predicted molar refractivity (Wildman–Crippen MR) is 133 cm³/mol. The molecule has 0 saturated carbocycles. The Bertz CT molecular complexity index is 1140. The summed E-state index contributed by atoms with van der Waals surface area (Å²) in [6.45, 7) is 3.68. The molecule has 1 unspecified atom stereocenters. The van der Waals surface area contributed by atoms with Crippen LogP contribution in [0.5, 0.6) is 11.5 Å². The number of phenols is 1. The van der Waals surface area contributed by atoms with Crippen molar-refractivity contribution < 1.29 is 9.84 Å². The van der Waals surface area contributed by atoms with E-state index in [4.69, 9.17) is 16.3 Å². The van der Waals surface area contributed by atoms with Crippen LogP contribution in [0.25, 0.3) is 5.57 Å². The van der Waals surface area contributed by atoms with Gasteiger partial charge in [-0.3, -0.25) is 4.98 Å². The molecule has 0 fully saturated rings. The Balaban J connectivity index is 1.25. The molecule has 170 valence electrons. The van der Waals surface area contributed by atoms with Gasteiger partial charge in [-0.2, -0.15) is 0 Å². The molecule has 5 rings (SSSR count). The molecule has 4 nitrogen and oxygen atoms in total. The standard InChI is InChI=1S/C28H29ClN2O2/c29-22-9-7-21(8-10-22)20-4-2-15-31(17-13-20)16-3-6-24-25-5-1-14-30-27(25)19-33-28-12-11-23(32)18-26(24)28/h1,4-5,7-12,14,18,24,32H,2-3,6,13,15-17,19H2. The first-order valence-electron chi connectivity index (χ1n) is 11.7. The fraction of sp³-hybridized carbons (Fsp3) is 0.321. The van der Waals surface area contributed by atoms with Gasteiger partial charge >= 0.3 is 0 Å². The number of aromatic hydroxyl groups is 1. The van der Waals surface area contributed by atoms with Gasteiger partial charge in [0, 0.05) is 35.8 Å². The first-order chi connectivity index (χ1) is 16.2. The lowest BCUT2D eigenvalue weighted by molar-refractivity contribution is 0.281. The van der Waals surface area contributed by atoms with Crippen LogP contribution in [-0.4, -0.2) is 34.6 Å². The summed E-state index contributed by atoms with van der Waals surface area (Å²) in [7, 11) is 0. The molecule has 0 radical (unpaired) electrons. The summed E-state index contributed by atoms with van der Waals surface area (Å²) >= 11 is 6.06. The highest BCUT2D eigenvalue weighted by molar-refractivity contribution is 6.30. The number of aromatic nitrogens is 1. The van der Waals surface area contributed by atoms with E-state index in [-0.39, 0.29) is 11.7 Å². The second-order valence-electron chi connectivity index (χ2n) is 8.86. The molecule has 3 heterocycles. The fourth-order valence-corrected chi connectivity index (χ4v) is 5.16. The maximum Gasteiger partial charge on any atom is 0.131 e. The molecule has 0 spiro atoms. The minimum Gasteiger partial charge on any atom is -0.508 e. The third kappa shape index (κ3) is 5.07. The van der Waals surface area contributed by atoms with E-state index in [0.29, 0.717) is 6.61 Å². The number of phenolic OH excluding ortho intramolecular Hbond substituents is 1. The highest BCUT2D eigenvalue weighted by Gasteiger charge is 2.26. The average Bonchev–Trinajstić information content (AvgIpc) is 3.15. The number of hydrogen-bond acceptors (Lipinski definition) is 4. The summed E-state index contributed by atoms with van der Waals surface area (Å²) in [5.41, 5.74) is 5.96. The van der Waals surface area contributed by atoms with E-state index < -0.39 is 0 Å². The largest absolute Gasteiger partial charge is 0.508 e. The van der Waals surface area contributed by atoms with Crippen molar-refractivity contribution in [3.63, 3.8) is 0 Å². The number of halogens is 1. The van der Waals surface area contributed by atoms with E-state index in [9.17, 15) is 5.11 Å². The monoisotopic (exact) mass is 460 g/mol. The van der Waals surface area contributed by atoms with Crippen LogP contribution in [-0.2, 0) is 6.61 Å². The second-order valence-corrected chi connectivity index (χ2v) is 9.30. The van der Waals surface area contributed by atoms with E-state index >= 15 is 0 Å². The molecule has 5 heteroatoms. The van der Waals surface area contributed by atoms with Gasteiger partial charge in [0.2, 0.25) is 0 Å². The molecule has 1 N–H and O–H groups in total. The quantitative estimate of drug-likeness (QED) is 0.477. The molecule has 1 atom stereocenters. The summed E-state index contributed by atoms with van der Waals surface area (Å²) in [4.78, 5) is 7.14. The molecule has 1 aromatic heterocycles. The van der Waals surface area contributed by atoms with Crippen LogP contribution < -0.4 is 4.74 Å².